The average molecular weight is 1380 g/mol. The summed E-state index contributed by atoms with van der Waals surface area (Å²) < 4.78 is 67.0. The summed E-state index contributed by atoms with van der Waals surface area (Å²) in [7, 11) is 0. The molecule has 1 unspecified atom stereocenters. The number of ether oxygens (including phenoxy) is 12. The molecule has 37 nitrogen and oxygen atoms in total. The standard InChI is InChI=1S/C60H64O37/c61-17-34-42(74)47(79)54(95-39(71)8-4-21-2-6-26(63)29(66)10-21)60(92-34)97-55-48(80)44(76)36(19-87-40(72)16-37(68)69)94-59(55)91-33-15-24-27(64)13-23(88-57-50(82)45(77)43(75)35(93-57)18-86-38(70)7-3-20-1-5-25(62)28(65)9-20)14-31(24)89-52(33)22-11-30(67)41(73)32(12-22)90-58-51(83)46(78)49(81)53(96-58)56(84)85/h1-15,34-36,42-55,57-67,73-83H,16-19H2,(H,68,69)(H,84,85)/p+1/b7-3+,8-4+/t34-,35-,36+,42+,43+,44-,45-,46-,47-,48-,49-,50+,51+,52?,53-,54+,55+,57+,58+,59+,60-/m0/s1. The van der Waals surface area contributed by atoms with Crippen LogP contribution in [0.1, 0.15) is 34.8 Å². The van der Waals surface area contributed by atoms with E-state index in [1.165, 1.54) is 18.2 Å². The Bertz CT molecular complexity index is 3630. The highest BCUT2D eigenvalue weighted by atomic mass is 16.8. The lowest BCUT2D eigenvalue weighted by atomic mass is 9.96. The van der Waals surface area contributed by atoms with E-state index in [0.29, 0.717) is 0 Å². The number of carboxylic acid groups (broad SMARTS) is 2. The summed E-state index contributed by atoms with van der Waals surface area (Å²) in [6.07, 6.45) is -40.9. The van der Waals surface area contributed by atoms with Gasteiger partial charge in [0.2, 0.25) is 24.6 Å². The Hall–Kier alpha value is -9.39. The first-order valence-corrected chi connectivity index (χ1v) is 28.8. The van der Waals surface area contributed by atoms with E-state index >= 15 is 0 Å². The number of aliphatic carboxylic acids is 2. The molecule has 4 aromatic carbocycles. The number of hydrogen-bond donors (Lipinski definition) is 20. The van der Waals surface area contributed by atoms with Crippen LogP contribution >= 0.6 is 0 Å². The topological polar surface area (TPSA) is 604 Å². The summed E-state index contributed by atoms with van der Waals surface area (Å²) in [6.45, 7) is -2.93. The smallest absolute Gasteiger partial charge is 0.335 e. The van der Waals surface area contributed by atoms with Gasteiger partial charge in [-0.15, -0.1) is 0 Å². The molecule has 21 atom stereocenters. The van der Waals surface area contributed by atoms with Crippen molar-refractivity contribution in [1.29, 1.82) is 0 Å². The lowest BCUT2D eigenvalue weighted by Gasteiger charge is -2.46. The average Bonchev–Trinajstić information content (AvgIpc) is 0.766. The highest BCUT2D eigenvalue weighted by Gasteiger charge is 2.55. The summed E-state index contributed by atoms with van der Waals surface area (Å²) in [5.74, 6) is -14.7. The van der Waals surface area contributed by atoms with Crippen molar-refractivity contribution in [3.8, 4) is 57.5 Å². The van der Waals surface area contributed by atoms with E-state index in [0.717, 1.165) is 72.8 Å². The molecule has 4 saturated heterocycles. The number of hydrogen-bond acceptors (Lipinski definition) is 34. The minimum atomic E-state index is -2.39. The van der Waals surface area contributed by atoms with Crippen molar-refractivity contribution in [2.75, 3.05) is 19.8 Å². The van der Waals surface area contributed by atoms with Gasteiger partial charge in [-0.1, -0.05) is 12.1 Å². The molecule has 21 N–H and O–H groups in total. The van der Waals surface area contributed by atoms with Gasteiger partial charge in [0.1, 0.15) is 116 Å². The molecule has 0 aromatic heterocycles. The van der Waals surface area contributed by atoms with Gasteiger partial charge in [0, 0.05) is 24.3 Å². The van der Waals surface area contributed by atoms with Crippen molar-refractivity contribution in [1.82, 2.24) is 0 Å². The number of fused-ring (bicyclic) bond motifs is 1. The maximum absolute atomic E-state index is 13.4. The van der Waals surface area contributed by atoms with Crippen molar-refractivity contribution in [3.63, 3.8) is 0 Å². The van der Waals surface area contributed by atoms with Gasteiger partial charge in [-0.3, -0.25) is 9.59 Å². The maximum atomic E-state index is 13.4. The normalized spacial score (nSPS) is 31.8. The number of phenolic OH excluding ortho intramolecular Hbond substituents is 7. The fourth-order valence-corrected chi connectivity index (χ4v) is 10.3. The van der Waals surface area contributed by atoms with Crippen molar-refractivity contribution >= 4 is 48.1 Å². The van der Waals surface area contributed by atoms with Crippen molar-refractivity contribution in [2.45, 2.75) is 135 Å². The summed E-state index contributed by atoms with van der Waals surface area (Å²) in [6, 6.07) is 10.6. The number of aliphatic hydroxyl groups excluding tert-OH is 11. The molecular weight excluding hydrogens is 1310 g/mol. The predicted octanol–water partition coefficient (Wildman–Crippen LogP) is -4.39. The van der Waals surface area contributed by atoms with E-state index in [1.807, 2.05) is 0 Å². The molecule has 9 rings (SSSR count). The third-order valence-corrected chi connectivity index (χ3v) is 15.5. The molecule has 0 radical (unpaired) electrons. The molecule has 37 heteroatoms. The number of esters is 3. The molecule has 4 fully saturated rings. The Balaban J connectivity index is 1.08. The molecule has 97 heavy (non-hydrogen) atoms. The Morgan fingerprint density at radius 2 is 1.06 bits per heavy atom. The number of aliphatic hydroxyl groups is 12. The van der Waals surface area contributed by atoms with Gasteiger partial charge in [0.15, 0.2) is 64.9 Å². The molecule has 0 saturated carbocycles. The first kappa shape index (κ1) is 71.9. The number of carbonyl (C=O) groups is 5. The molecule has 5 aliphatic rings. The van der Waals surface area contributed by atoms with Crippen LogP contribution in [0.5, 0.6) is 57.5 Å². The van der Waals surface area contributed by atoms with Gasteiger partial charge < -0.3 is 159 Å². The molecule has 0 bridgehead atoms. The van der Waals surface area contributed by atoms with Crippen molar-refractivity contribution < 1.29 is 183 Å². The van der Waals surface area contributed by atoms with Gasteiger partial charge in [-0.05, 0) is 59.7 Å². The third kappa shape index (κ3) is 16.4. The van der Waals surface area contributed by atoms with Crippen LogP contribution in [-0.2, 0) is 66.6 Å². The Morgan fingerprint density at radius 3 is 1.67 bits per heavy atom. The fraction of sp³-hybridized carbons (Fsp3) is 0.417. The van der Waals surface area contributed by atoms with Crippen LogP contribution in [0.3, 0.4) is 0 Å². The van der Waals surface area contributed by atoms with Gasteiger partial charge in [-0.25, -0.2) is 14.4 Å². The van der Waals surface area contributed by atoms with Crippen LogP contribution in [0, 0.1) is 0 Å². The zero-order valence-electron chi connectivity index (χ0n) is 49.5. The van der Waals surface area contributed by atoms with Crippen LogP contribution in [0.25, 0.3) is 18.2 Å². The van der Waals surface area contributed by atoms with Gasteiger partial charge in [0.25, 0.3) is 11.9 Å². The molecule has 4 aromatic rings. The van der Waals surface area contributed by atoms with Crippen LogP contribution in [0.15, 0.2) is 78.6 Å². The van der Waals surface area contributed by atoms with Gasteiger partial charge >= 0.3 is 29.8 Å². The van der Waals surface area contributed by atoms with Crippen LogP contribution in [0.4, 0.5) is 0 Å². The monoisotopic (exact) mass is 1380 g/mol. The molecule has 0 aliphatic carbocycles. The zero-order valence-corrected chi connectivity index (χ0v) is 49.5. The SMILES string of the molecule is O=C(O)CC(=O)OC[C@H]1O[C@@H](OC2=Cc3c(O)cc(O[C@@H]4O[C@@H](COC(=O)/C=C/c5ccc(O)c(O)c5)[C@@H](O)[C@H](O)[C@H]4O)cc3[OH+]C2c2cc(O)c(O)c(O[C@@H]3O[C@H](C(=O)O)[C@@H](O)[C@H](O)[C@H]3O)c2)[C@H](O[C@@H]2O[C@@H](CO)[C@@H](O)[C@H](O)[C@H]2OC(=O)/C=C/c2ccc(O)c(O)c2)[C@@H](O)[C@H]1O. The van der Waals surface area contributed by atoms with Gasteiger partial charge in [0.05, 0.1) is 18.2 Å². The number of aromatic hydroxyl groups is 8. The van der Waals surface area contributed by atoms with Crippen molar-refractivity contribution in [2.24, 2.45) is 0 Å². The van der Waals surface area contributed by atoms with E-state index < -0.39 is 248 Å². The van der Waals surface area contributed by atoms with Gasteiger partial charge in [-0.2, -0.15) is 0 Å². The molecular formula is C60H65O37+. The Kier molecular flexibility index (Phi) is 22.5. The summed E-state index contributed by atoms with van der Waals surface area (Å²) >= 11 is 0. The molecule has 0 spiro atoms. The van der Waals surface area contributed by atoms with E-state index in [2.05, 4.69) is 4.74 Å². The Labute approximate surface area is 543 Å². The summed E-state index contributed by atoms with van der Waals surface area (Å²) in [5, 5.41) is 213. The van der Waals surface area contributed by atoms with E-state index in [1.54, 1.807) is 0 Å². The number of rotatable bonds is 22. The first-order valence-electron chi connectivity index (χ1n) is 28.8. The zero-order chi connectivity index (χ0) is 70.6. The lowest BCUT2D eigenvalue weighted by Crippen LogP contribution is -2.65. The second-order valence-electron chi connectivity index (χ2n) is 22.2. The molecule has 526 valence electrons. The third-order valence-electron chi connectivity index (χ3n) is 15.5. The molecule has 5 aliphatic heterocycles. The highest BCUT2D eigenvalue weighted by molar-refractivity contribution is 5.90. The van der Waals surface area contributed by atoms with E-state index in [-0.39, 0.29) is 22.4 Å². The molecule has 0 amide bonds. The summed E-state index contributed by atoms with van der Waals surface area (Å²) in [5.41, 5.74) is -0.377. The lowest BCUT2D eigenvalue weighted by molar-refractivity contribution is -0.364. The van der Waals surface area contributed by atoms with E-state index in [4.69, 9.17) is 52.1 Å². The largest absolute Gasteiger partial charge is 0.571 e. The number of benzene rings is 4. The second kappa shape index (κ2) is 30.4. The second-order valence-corrected chi connectivity index (χ2v) is 22.2. The van der Waals surface area contributed by atoms with E-state index in [9.17, 15) is 126 Å². The predicted molar refractivity (Wildman–Crippen MR) is 309 cm³/mol. The highest BCUT2D eigenvalue weighted by Crippen LogP contribution is 2.49. The van der Waals surface area contributed by atoms with Crippen LogP contribution < -0.4 is 9.47 Å². The minimum Gasteiger partial charge on any atom is -0.571 e. The first-order chi connectivity index (χ1) is 45.9. The quantitative estimate of drug-likeness (QED) is 0.00882. The summed E-state index contributed by atoms with van der Waals surface area (Å²) in [4.78, 5) is 62.0. The minimum absolute atomic E-state index is 0.122. The maximum Gasteiger partial charge on any atom is 0.335 e. The number of carboxylic acids is 2. The van der Waals surface area contributed by atoms with Crippen LogP contribution in [0.2, 0.25) is 0 Å². The van der Waals surface area contributed by atoms with Crippen LogP contribution in [-0.4, -0.2) is 279 Å². The Morgan fingerprint density at radius 1 is 0.505 bits per heavy atom. The fourth-order valence-electron chi connectivity index (χ4n) is 10.3. The number of carbonyl (C=O) groups excluding carboxylic acids is 3. The van der Waals surface area contributed by atoms with Crippen molar-refractivity contribution in [3.05, 3.63) is 101 Å². The molecule has 5 heterocycles. The number of phenols is 7.